The molecular formula is C32H37BrN4O5. The van der Waals surface area contributed by atoms with Gasteiger partial charge in [-0.05, 0) is 66.6 Å². The number of hydrogen-bond acceptors (Lipinski definition) is 7. The van der Waals surface area contributed by atoms with Gasteiger partial charge >= 0.3 is 5.97 Å². The molecule has 0 aliphatic carbocycles. The van der Waals surface area contributed by atoms with Gasteiger partial charge in [-0.25, -0.2) is 10.6 Å². The number of benzene rings is 3. The highest BCUT2D eigenvalue weighted by molar-refractivity contribution is 9.10. The third kappa shape index (κ3) is 5.87. The number of esters is 1. The first kappa shape index (κ1) is 31.1. The van der Waals surface area contributed by atoms with Gasteiger partial charge in [0.2, 0.25) is 5.91 Å². The summed E-state index contributed by atoms with van der Waals surface area (Å²) in [5.74, 6) is 5.09. The van der Waals surface area contributed by atoms with Crippen LogP contribution in [0.4, 0.5) is 5.69 Å². The molecule has 0 bridgehead atoms. The fourth-order valence-corrected chi connectivity index (χ4v) is 6.47. The summed E-state index contributed by atoms with van der Waals surface area (Å²) in [5, 5.41) is 2.81. The number of piperidine rings is 1. The highest BCUT2D eigenvalue weighted by Crippen LogP contribution is 2.49. The minimum Gasteiger partial charge on any atom is -0.496 e. The van der Waals surface area contributed by atoms with Gasteiger partial charge in [0.1, 0.15) is 16.7 Å². The summed E-state index contributed by atoms with van der Waals surface area (Å²) in [6.07, 6.45) is 3.25. The van der Waals surface area contributed by atoms with Crippen molar-refractivity contribution in [2.45, 2.75) is 45.1 Å². The molecule has 1 fully saturated rings. The van der Waals surface area contributed by atoms with Gasteiger partial charge in [0.25, 0.3) is 5.91 Å². The van der Waals surface area contributed by atoms with Crippen molar-refractivity contribution in [1.82, 2.24) is 10.7 Å². The molecule has 1 saturated heterocycles. The molecule has 3 aromatic rings. The predicted molar refractivity (Wildman–Crippen MR) is 165 cm³/mol. The lowest BCUT2D eigenvalue weighted by atomic mass is 9.66. The average Bonchev–Trinajstić information content (AvgIpc) is 3.01. The van der Waals surface area contributed by atoms with Crippen LogP contribution in [0, 0.1) is 6.92 Å². The summed E-state index contributed by atoms with van der Waals surface area (Å²) in [5.41, 5.74) is 5.86. The van der Waals surface area contributed by atoms with Crippen LogP contribution in [0.5, 0.6) is 5.75 Å². The van der Waals surface area contributed by atoms with Crippen LogP contribution < -0.4 is 26.2 Å². The number of ether oxygens (including phenoxy) is 2. The number of nitrogens with two attached hydrogens (primary N) is 1. The Labute approximate surface area is 254 Å². The summed E-state index contributed by atoms with van der Waals surface area (Å²) in [7, 11) is 2.77. The van der Waals surface area contributed by atoms with Crippen molar-refractivity contribution < 1.29 is 23.9 Å². The zero-order chi connectivity index (χ0) is 30.4. The van der Waals surface area contributed by atoms with Crippen molar-refractivity contribution in [3.05, 3.63) is 92.5 Å². The van der Waals surface area contributed by atoms with Gasteiger partial charge in [-0.2, -0.15) is 0 Å². The fraction of sp³-hybridized carbons (Fsp3) is 0.344. The topological polar surface area (TPSA) is 123 Å². The second-order valence-corrected chi connectivity index (χ2v) is 11.2. The summed E-state index contributed by atoms with van der Waals surface area (Å²) < 4.78 is 11.2. The molecule has 1 atom stereocenters. The Morgan fingerprint density at radius 3 is 2.31 bits per heavy atom. The Balaban J connectivity index is 2.11. The lowest BCUT2D eigenvalue weighted by Crippen LogP contribution is -2.50. The van der Waals surface area contributed by atoms with E-state index in [1.165, 1.54) is 21.1 Å². The molecule has 0 spiro atoms. The number of rotatable bonds is 9. The predicted octanol–water partition coefficient (Wildman–Crippen LogP) is 4.50. The number of methoxy groups -OCH3 is 2. The normalized spacial score (nSPS) is 14.5. The van der Waals surface area contributed by atoms with E-state index >= 15 is 0 Å². The summed E-state index contributed by atoms with van der Waals surface area (Å²) in [4.78, 5) is 41.0. The first-order chi connectivity index (χ1) is 20.2. The summed E-state index contributed by atoms with van der Waals surface area (Å²) in [6.45, 7) is 5.52. The molecule has 10 heteroatoms. The zero-order valence-corrected chi connectivity index (χ0v) is 26.0. The van der Waals surface area contributed by atoms with E-state index in [0.717, 1.165) is 54.7 Å². The van der Waals surface area contributed by atoms with Gasteiger partial charge in [-0.3, -0.25) is 15.0 Å². The summed E-state index contributed by atoms with van der Waals surface area (Å²) in [6, 6.07) is 16.9. The molecule has 2 amide bonds. The Morgan fingerprint density at radius 1 is 1.02 bits per heavy atom. The maximum absolute atomic E-state index is 14.5. The molecule has 4 rings (SSSR count). The van der Waals surface area contributed by atoms with Gasteiger partial charge in [0.05, 0.1) is 14.2 Å². The molecule has 0 aromatic heterocycles. The first-order valence-electron chi connectivity index (χ1n) is 13.8. The van der Waals surface area contributed by atoms with Crippen molar-refractivity contribution >= 4 is 39.4 Å². The number of amides is 2. The molecule has 9 nitrogen and oxygen atoms in total. The largest absolute Gasteiger partial charge is 0.496 e. The molecule has 0 saturated carbocycles. The molecule has 42 heavy (non-hydrogen) atoms. The van der Waals surface area contributed by atoms with Crippen molar-refractivity contribution in [2.24, 2.45) is 5.84 Å². The fourth-order valence-electron chi connectivity index (χ4n) is 5.83. The number of carbonyl (C=O) groups is 3. The summed E-state index contributed by atoms with van der Waals surface area (Å²) >= 11 is 3.69. The van der Waals surface area contributed by atoms with E-state index in [0.29, 0.717) is 22.1 Å². The Morgan fingerprint density at radius 2 is 1.71 bits per heavy atom. The van der Waals surface area contributed by atoms with E-state index < -0.39 is 17.3 Å². The van der Waals surface area contributed by atoms with Crippen LogP contribution in [-0.2, 0) is 26.3 Å². The number of aryl methyl sites for hydroxylation is 1. The molecule has 3 aromatic carbocycles. The number of carbonyl (C=O) groups excluding carboxylic acids is 3. The monoisotopic (exact) mass is 636 g/mol. The number of anilines is 1. The Hall–Kier alpha value is -3.89. The SMILES string of the molecule is COC(=O)c1cc(Br)c(C(C(=O)NN)(c2ccc(CNC(C)=O)cc2)c2c(C)cccc2N2CCCCC2)cc1OC. The third-order valence-corrected chi connectivity index (χ3v) is 8.48. The number of hydrogen-bond donors (Lipinski definition) is 3. The molecule has 4 N–H and O–H groups in total. The minimum atomic E-state index is -1.47. The third-order valence-electron chi connectivity index (χ3n) is 7.82. The molecule has 1 aliphatic rings. The van der Waals surface area contributed by atoms with Crippen LogP contribution in [0.25, 0.3) is 0 Å². The molecule has 0 radical (unpaired) electrons. The van der Waals surface area contributed by atoms with E-state index in [1.54, 1.807) is 12.1 Å². The molecule has 222 valence electrons. The van der Waals surface area contributed by atoms with Crippen LogP contribution in [0.2, 0.25) is 0 Å². The van der Waals surface area contributed by atoms with Gasteiger partial charge in [-0.15, -0.1) is 0 Å². The minimum absolute atomic E-state index is 0.135. The van der Waals surface area contributed by atoms with E-state index in [-0.39, 0.29) is 17.2 Å². The second-order valence-electron chi connectivity index (χ2n) is 10.4. The van der Waals surface area contributed by atoms with Crippen LogP contribution in [0.1, 0.15) is 64.4 Å². The standard InChI is InChI=1S/C32H37BrN4O5/c1-20-9-8-10-27(37-15-6-5-7-16-37)29(20)32(31(40)36-34,23-13-11-22(12-14-23)19-35-21(2)38)25-18-28(41-3)24(17-26(25)33)30(39)42-4/h8-14,17-18H,5-7,15-16,19,34H2,1-4H3,(H,35,38)(H,36,40). The van der Waals surface area contributed by atoms with Crippen molar-refractivity contribution in [3.8, 4) is 5.75 Å². The molecular weight excluding hydrogens is 600 g/mol. The van der Waals surface area contributed by atoms with E-state index in [2.05, 4.69) is 31.6 Å². The lowest BCUT2D eigenvalue weighted by Gasteiger charge is -2.40. The zero-order valence-electron chi connectivity index (χ0n) is 24.4. The van der Waals surface area contributed by atoms with E-state index in [1.807, 2.05) is 49.4 Å². The van der Waals surface area contributed by atoms with Gasteiger partial charge in [0, 0.05) is 42.3 Å². The van der Waals surface area contributed by atoms with Crippen molar-refractivity contribution in [3.63, 3.8) is 0 Å². The van der Waals surface area contributed by atoms with Gasteiger partial charge in [0.15, 0.2) is 0 Å². The number of hydrazine groups is 1. The smallest absolute Gasteiger partial charge is 0.341 e. The van der Waals surface area contributed by atoms with Crippen molar-refractivity contribution in [1.29, 1.82) is 0 Å². The van der Waals surface area contributed by atoms with Crippen LogP contribution in [-0.4, -0.2) is 45.1 Å². The highest BCUT2D eigenvalue weighted by Gasteiger charge is 2.48. The average molecular weight is 638 g/mol. The van der Waals surface area contributed by atoms with E-state index in [9.17, 15) is 14.4 Å². The molecule has 1 aliphatic heterocycles. The lowest BCUT2D eigenvalue weighted by molar-refractivity contribution is -0.124. The van der Waals surface area contributed by atoms with Gasteiger partial charge in [-0.1, -0.05) is 52.3 Å². The second kappa shape index (κ2) is 13.4. The molecule has 1 heterocycles. The number of nitrogens with zero attached hydrogens (tertiary/aromatic N) is 1. The number of nitrogens with one attached hydrogen (secondary N) is 2. The first-order valence-corrected chi connectivity index (χ1v) is 14.6. The number of halogens is 1. The van der Waals surface area contributed by atoms with E-state index in [4.69, 9.17) is 15.3 Å². The quantitative estimate of drug-likeness (QED) is 0.104. The van der Waals surface area contributed by atoms with Gasteiger partial charge < -0.3 is 19.7 Å². The van der Waals surface area contributed by atoms with Crippen LogP contribution >= 0.6 is 15.9 Å². The van der Waals surface area contributed by atoms with Crippen LogP contribution in [0.15, 0.2) is 59.1 Å². The van der Waals surface area contributed by atoms with Crippen molar-refractivity contribution in [2.75, 3.05) is 32.2 Å². The van der Waals surface area contributed by atoms with Crippen LogP contribution in [0.3, 0.4) is 0 Å². The maximum Gasteiger partial charge on any atom is 0.341 e. The molecule has 1 unspecified atom stereocenters. The Kier molecular flexibility index (Phi) is 9.90. The Bertz CT molecular complexity index is 1470. The maximum atomic E-state index is 14.5. The highest BCUT2D eigenvalue weighted by atomic mass is 79.9.